The normalized spacial score (nSPS) is 35.8. The van der Waals surface area contributed by atoms with Gasteiger partial charge in [-0.25, -0.2) is 0 Å². The molecule has 0 aromatic heterocycles. The van der Waals surface area contributed by atoms with Crippen molar-refractivity contribution in [1.82, 2.24) is 0 Å². The topological polar surface area (TPSA) is 40.5 Å². The number of carbonyl (C=O) groups is 1. The zero-order valence-electron chi connectivity index (χ0n) is 19.9. The van der Waals surface area contributed by atoms with E-state index in [0.717, 1.165) is 38.5 Å². The van der Waals surface area contributed by atoms with Crippen LogP contribution in [0.4, 0.5) is 5.69 Å². The predicted octanol–water partition coefficient (Wildman–Crippen LogP) is 5.41. The summed E-state index contributed by atoms with van der Waals surface area (Å²) >= 11 is 0. The summed E-state index contributed by atoms with van der Waals surface area (Å²) in [5.74, 6) is 7.76. The van der Waals surface area contributed by atoms with E-state index in [1.165, 1.54) is 22.4 Å². The molecule has 5 rings (SSSR count). The summed E-state index contributed by atoms with van der Waals surface area (Å²) in [4.78, 5) is 14.3. The summed E-state index contributed by atoms with van der Waals surface area (Å²) in [6.07, 6.45) is 8.23. The third-order valence-electron chi connectivity index (χ3n) is 9.03. The Morgan fingerprint density at radius 2 is 1.84 bits per heavy atom. The molecule has 0 bridgehead atoms. The maximum absolute atomic E-state index is 12.2. The van der Waals surface area contributed by atoms with Crippen molar-refractivity contribution in [3.05, 3.63) is 52.6 Å². The third kappa shape index (κ3) is 3.11. The number of nitrogens with zero attached hydrogens (tertiary/aromatic N) is 1. The molecular weight excluding hydrogens is 394 g/mol. The number of allylic oxidation sites excluding steroid dienone is 4. The van der Waals surface area contributed by atoms with E-state index in [0.29, 0.717) is 18.3 Å². The molecule has 0 aliphatic heterocycles. The molecule has 0 radical (unpaired) electrons. The van der Waals surface area contributed by atoms with E-state index >= 15 is 0 Å². The Kier molecular flexibility index (Phi) is 5.13. The second-order valence-corrected chi connectivity index (χ2v) is 10.8. The number of rotatable bonds is 2. The van der Waals surface area contributed by atoms with Gasteiger partial charge in [-0.3, -0.25) is 4.79 Å². The van der Waals surface area contributed by atoms with Gasteiger partial charge in [0.1, 0.15) is 5.60 Å². The van der Waals surface area contributed by atoms with Crippen molar-refractivity contribution < 1.29 is 9.90 Å². The minimum absolute atomic E-state index is 0.221. The van der Waals surface area contributed by atoms with Gasteiger partial charge in [0.2, 0.25) is 0 Å². The summed E-state index contributed by atoms with van der Waals surface area (Å²) in [6, 6.07) is 8.97. The molecule has 168 valence electrons. The molecule has 1 unspecified atom stereocenters. The molecule has 1 aromatic carbocycles. The maximum Gasteiger partial charge on any atom is 0.156 e. The van der Waals surface area contributed by atoms with Gasteiger partial charge in [-0.05, 0) is 92.2 Å². The number of fused-ring (bicyclic) bond motifs is 4. The Morgan fingerprint density at radius 1 is 1.09 bits per heavy atom. The van der Waals surface area contributed by atoms with E-state index in [9.17, 15) is 9.90 Å². The number of benzene rings is 1. The van der Waals surface area contributed by atoms with Crippen LogP contribution in [-0.2, 0) is 4.79 Å². The molecule has 0 amide bonds. The zero-order valence-corrected chi connectivity index (χ0v) is 19.9. The Labute approximate surface area is 192 Å². The molecule has 2 saturated carbocycles. The fourth-order valence-corrected chi connectivity index (χ4v) is 7.38. The van der Waals surface area contributed by atoms with Gasteiger partial charge < -0.3 is 10.0 Å². The lowest BCUT2D eigenvalue weighted by Crippen LogP contribution is -2.51. The summed E-state index contributed by atoms with van der Waals surface area (Å²) in [5.41, 5.74) is 5.71. The molecular formula is C29H35NO2. The second-order valence-electron chi connectivity index (χ2n) is 10.8. The van der Waals surface area contributed by atoms with Crippen molar-refractivity contribution in [3.63, 3.8) is 0 Å². The molecule has 2 fully saturated rings. The Bertz CT molecular complexity index is 1070. The summed E-state index contributed by atoms with van der Waals surface area (Å²) in [5, 5.41) is 11.7. The van der Waals surface area contributed by atoms with Crippen molar-refractivity contribution in [2.45, 2.75) is 70.3 Å². The number of anilines is 1. The average molecular weight is 430 g/mol. The van der Waals surface area contributed by atoms with Crippen LogP contribution in [0.25, 0.3) is 0 Å². The van der Waals surface area contributed by atoms with E-state index in [4.69, 9.17) is 0 Å². The molecule has 1 aromatic rings. The van der Waals surface area contributed by atoms with E-state index < -0.39 is 5.60 Å². The van der Waals surface area contributed by atoms with Crippen LogP contribution in [0.15, 0.2) is 47.1 Å². The van der Waals surface area contributed by atoms with Crippen molar-refractivity contribution in [3.8, 4) is 11.8 Å². The first-order chi connectivity index (χ1) is 15.3. The van der Waals surface area contributed by atoms with E-state index in [1.54, 1.807) is 5.57 Å². The quantitative estimate of drug-likeness (QED) is 0.640. The van der Waals surface area contributed by atoms with Crippen molar-refractivity contribution >= 4 is 11.5 Å². The first kappa shape index (κ1) is 21.5. The molecule has 1 N–H and O–H groups in total. The Hall–Kier alpha value is -2.31. The van der Waals surface area contributed by atoms with Crippen molar-refractivity contribution in [2.24, 2.45) is 17.3 Å². The lowest BCUT2D eigenvalue weighted by molar-refractivity contribution is -0.114. The lowest BCUT2D eigenvalue weighted by atomic mass is 9.51. The van der Waals surface area contributed by atoms with Crippen LogP contribution in [0.5, 0.6) is 0 Å². The largest absolute Gasteiger partial charge is 0.378 e. The zero-order chi connectivity index (χ0) is 22.7. The van der Waals surface area contributed by atoms with Gasteiger partial charge in [0.25, 0.3) is 0 Å². The molecule has 5 atom stereocenters. The molecule has 4 aliphatic carbocycles. The van der Waals surface area contributed by atoms with Gasteiger partial charge in [0, 0.05) is 37.5 Å². The van der Waals surface area contributed by atoms with Gasteiger partial charge in [-0.15, -0.1) is 5.92 Å². The van der Waals surface area contributed by atoms with Gasteiger partial charge in [0.05, 0.1) is 0 Å². The fraction of sp³-hybridized carbons (Fsp3) is 0.552. The molecule has 32 heavy (non-hydrogen) atoms. The van der Waals surface area contributed by atoms with E-state index in [1.807, 2.05) is 13.0 Å². The monoisotopic (exact) mass is 429 g/mol. The van der Waals surface area contributed by atoms with E-state index in [-0.39, 0.29) is 17.1 Å². The molecule has 3 heteroatoms. The first-order valence-corrected chi connectivity index (χ1v) is 12.2. The van der Waals surface area contributed by atoms with Gasteiger partial charge in [-0.2, -0.15) is 0 Å². The average Bonchev–Trinajstić information content (AvgIpc) is 3.03. The molecule has 0 spiro atoms. The maximum atomic E-state index is 12.2. The number of aliphatic hydroxyl groups is 1. The van der Waals surface area contributed by atoms with Crippen LogP contribution in [0.1, 0.15) is 70.3 Å². The van der Waals surface area contributed by atoms with Crippen LogP contribution in [0, 0.1) is 29.1 Å². The minimum atomic E-state index is -0.914. The molecule has 4 aliphatic rings. The Balaban J connectivity index is 1.67. The molecule has 3 nitrogen and oxygen atoms in total. The van der Waals surface area contributed by atoms with Crippen molar-refractivity contribution in [2.75, 3.05) is 19.0 Å². The third-order valence-corrected chi connectivity index (χ3v) is 9.03. The number of ketones is 1. The highest BCUT2D eigenvalue weighted by molar-refractivity contribution is 5.93. The molecule has 0 heterocycles. The lowest BCUT2D eigenvalue weighted by Gasteiger charge is -2.53. The molecule has 0 saturated heterocycles. The van der Waals surface area contributed by atoms with Crippen LogP contribution in [0.3, 0.4) is 0 Å². The van der Waals surface area contributed by atoms with Crippen LogP contribution in [-0.4, -0.2) is 30.6 Å². The Morgan fingerprint density at radius 3 is 2.53 bits per heavy atom. The SMILES string of the molecule is CC#CC1(O)CC[C@H]2[C@@H]3CCC4=CC(=O)CCC4=C3[C@@H](c3ccc(N(C)C)cc3)C[C@@]21C. The summed E-state index contributed by atoms with van der Waals surface area (Å²) < 4.78 is 0. The van der Waals surface area contributed by atoms with Gasteiger partial charge in [0.15, 0.2) is 5.78 Å². The van der Waals surface area contributed by atoms with Crippen molar-refractivity contribution in [1.29, 1.82) is 0 Å². The van der Waals surface area contributed by atoms with Gasteiger partial charge in [-0.1, -0.05) is 30.6 Å². The highest BCUT2D eigenvalue weighted by Gasteiger charge is 2.62. The number of carbonyl (C=O) groups excluding carboxylic acids is 1. The smallest absolute Gasteiger partial charge is 0.156 e. The van der Waals surface area contributed by atoms with Crippen LogP contribution < -0.4 is 4.90 Å². The van der Waals surface area contributed by atoms with Crippen LogP contribution >= 0.6 is 0 Å². The highest BCUT2D eigenvalue weighted by atomic mass is 16.3. The van der Waals surface area contributed by atoms with Crippen LogP contribution in [0.2, 0.25) is 0 Å². The fourth-order valence-electron chi connectivity index (χ4n) is 7.38. The second kappa shape index (κ2) is 7.63. The highest BCUT2D eigenvalue weighted by Crippen LogP contribution is 2.66. The summed E-state index contributed by atoms with van der Waals surface area (Å²) in [7, 11) is 4.14. The predicted molar refractivity (Wildman–Crippen MR) is 129 cm³/mol. The van der Waals surface area contributed by atoms with E-state index in [2.05, 4.69) is 62.0 Å². The standard InChI is InChI=1S/C29H35NO2/c1-5-15-29(32)16-14-26-24-12-8-20-17-22(31)11-13-23(20)27(24)25(18-28(26,29)2)19-6-9-21(10-7-19)30(3)4/h6-7,9-10,17,24-26,32H,8,11-14,16,18H2,1-4H3/t24-,25+,26-,28-,29?/m0/s1. The summed E-state index contributed by atoms with van der Waals surface area (Å²) in [6.45, 7) is 4.15. The minimum Gasteiger partial charge on any atom is -0.378 e. The first-order valence-electron chi connectivity index (χ1n) is 12.2. The number of hydrogen-bond acceptors (Lipinski definition) is 3. The van der Waals surface area contributed by atoms with Gasteiger partial charge >= 0.3 is 0 Å². The number of hydrogen-bond donors (Lipinski definition) is 1.